The summed E-state index contributed by atoms with van der Waals surface area (Å²) in [5, 5.41) is 26.1. The van der Waals surface area contributed by atoms with Gasteiger partial charge in [-0.25, -0.2) is 4.79 Å². The van der Waals surface area contributed by atoms with Crippen LogP contribution in [-0.2, 0) is 26.3 Å². The lowest BCUT2D eigenvalue weighted by molar-refractivity contribution is -0.274. The molecule has 10 nitrogen and oxygen atoms in total. The van der Waals surface area contributed by atoms with Crippen LogP contribution in [0.4, 0.5) is 42.8 Å². The van der Waals surface area contributed by atoms with Gasteiger partial charge >= 0.3 is 18.7 Å². The molecule has 1 aromatic heterocycles. The molecule has 0 amide bonds. The van der Waals surface area contributed by atoms with E-state index in [1.807, 2.05) is 6.92 Å². The Morgan fingerprint density at radius 3 is 2.20 bits per heavy atom. The van der Waals surface area contributed by atoms with Crippen LogP contribution in [0, 0.1) is 12.8 Å². The van der Waals surface area contributed by atoms with E-state index in [0.29, 0.717) is 29.2 Å². The van der Waals surface area contributed by atoms with Gasteiger partial charge in [0.15, 0.2) is 0 Å². The van der Waals surface area contributed by atoms with Crippen molar-refractivity contribution >= 4 is 30.2 Å². The number of hydrogen-bond donors (Lipinski definition) is 2. The molecule has 1 aliphatic carbocycles. The Bertz CT molecular complexity index is 1410. The number of tetrazole rings is 1. The first-order valence-electron chi connectivity index (χ1n) is 14.3. The Labute approximate surface area is 268 Å². The summed E-state index contributed by atoms with van der Waals surface area (Å²) in [5.41, 5.74) is 1.21. The van der Waals surface area contributed by atoms with Gasteiger partial charge in [0.25, 0.3) is 5.95 Å². The van der Waals surface area contributed by atoms with Gasteiger partial charge in [-0.1, -0.05) is 36.0 Å². The number of hydrogen-bond acceptors (Lipinski definition) is 7. The second-order valence-electron chi connectivity index (χ2n) is 10.8. The number of ether oxygens (including phenoxy) is 1. The van der Waals surface area contributed by atoms with Gasteiger partial charge in [-0.3, -0.25) is 0 Å². The lowest BCUT2D eigenvalue weighted by atomic mass is 9.88. The van der Waals surface area contributed by atoms with Gasteiger partial charge in [-0.15, -0.1) is 30.7 Å². The lowest BCUT2D eigenvalue weighted by Crippen LogP contribution is -2.32. The van der Waals surface area contributed by atoms with Crippen molar-refractivity contribution in [3.05, 3.63) is 58.7 Å². The van der Waals surface area contributed by atoms with Crippen molar-refractivity contribution in [2.24, 2.45) is 13.0 Å². The Morgan fingerprint density at radius 2 is 1.65 bits per heavy atom. The molecule has 0 spiro atoms. The number of carboxylic acid groups (broad SMARTS) is 2. The standard InChI is InChI=1S/C28H34F6N6O.CH2O3.ClH/c1-4-39(16-20-8-6-5-7-9-20)25-11-10-24(41-28(32,33)34)15-22(25)18-40(26-35-37-38(3)36-26)17-21-12-19(2)13-23(14-21)27(29,30)31;2-1(3)4;/h10-15,20H,4-9,16-18H2,1-3H3;(H2,2,3,4);1H. The Kier molecular flexibility index (Phi) is 13.8. The highest BCUT2D eigenvalue weighted by molar-refractivity contribution is 5.85. The highest BCUT2D eigenvalue weighted by Gasteiger charge is 2.33. The molecule has 2 aromatic carbocycles. The average molecular weight is 683 g/mol. The van der Waals surface area contributed by atoms with E-state index in [9.17, 15) is 26.3 Å². The number of carbonyl (C=O) groups is 1. The van der Waals surface area contributed by atoms with E-state index in [1.165, 1.54) is 23.4 Å². The predicted molar refractivity (Wildman–Crippen MR) is 160 cm³/mol. The Balaban J connectivity index is 0.00000139. The van der Waals surface area contributed by atoms with Crippen LogP contribution in [-0.4, -0.2) is 56.0 Å². The van der Waals surface area contributed by atoms with Crippen LogP contribution in [0.25, 0.3) is 0 Å². The quantitative estimate of drug-likeness (QED) is 0.208. The van der Waals surface area contributed by atoms with E-state index in [0.717, 1.165) is 50.0 Å². The average Bonchev–Trinajstić information content (AvgIpc) is 3.36. The summed E-state index contributed by atoms with van der Waals surface area (Å²) < 4.78 is 84.3. The molecule has 3 aromatic rings. The molecular weight excluding hydrogens is 646 g/mol. The van der Waals surface area contributed by atoms with E-state index >= 15 is 0 Å². The second kappa shape index (κ2) is 16.6. The fraction of sp³-hybridized carbons (Fsp3) is 0.517. The van der Waals surface area contributed by atoms with E-state index in [2.05, 4.69) is 25.0 Å². The zero-order valence-electron chi connectivity index (χ0n) is 25.5. The zero-order chi connectivity index (χ0) is 33.4. The van der Waals surface area contributed by atoms with Crippen LogP contribution in [0.15, 0.2) is 36.4 Å². The number of halogens is 7. The summed E-state index contributed by atoms with van der Waals surface area (Å²) in [6.07, 6.45) is -5.57. The normalized spacial score (nSPS) is 13.7. The molecule has 0 radical (unpaired) electrons. The molecule has 46 heavy (non-hydrogen) atoms. The van der Waals surface area contributed by atoms with Crippen LogP contribution in [0.5, 0.6) is 5.75 Å². The molecule has 1 heterocycles. The zero-order valence-corrected chi connectivity index (χ0v) is 26.3. The lowest BCUT2D eigenvalue weighted by Gasteiger charge is -2.33. The number of nitrogens with zero attached hydrogens (tertiary/aromatic N) is 6. The van der Waals surface area contributed by atoms with Gasteiger partial charge in [0, 0.05) is 31.9 Å². The number of alkyl halides is 6. The highest BCUT2D eigenvalue weighted by atomic mass is 35.5. The second-order valence-corrected chi connectivity index (χ2v) is 10.8. The SMILES string of the molecule is CCN(CC1CCCCC1)c1ccc(OC(F)(F)F)cc1CN(Cc1cc(C)cc(C(F)(F)F)c1)c1nnn(C)n1.Cl.O=C(O)O. The molecule has 1 fully saturated rings. The third-order valence-corrected chi connectivity index (χ3v) is 7.19. The molecule has 0 aliphatic heterocycles. The number of benzene rings is 2. The Morgan fingerprint density at radius 1 is 1.00 bits per heavy atom. The van der Waals surface area contributed by atoms with E-state index < -0.39 is 24.3 Å². The summed E-state index contributed by atoms with van der Waals surface area (Å²) in [6.45, 7) is 4.91. The van der Waals surface area contributed by atoms with Gasteiger partial charge in [0.2, 0.25) is 0 Å². The number of rotatable bonds is 10. The van der Waals surface area contributed by atoms with Crippen LogP contribution in [0.2, 0.25) is 0 Å². The topological polar surface area (TPSA) is 117 Å². The molecular formula is C29H37ClF6N6O4. The maximum absolute atomic E-state index is 13.5. The summed E-state index contributed by atoms with van der Waals surface area (Å²) in [5.74, 6) is 0.214. The molecule has 4 rings (SSSR count). The molecule has 17 heteroatoms. The monoisotopic (exact) mass is 682 g/mol. The van der Waals surface area contributed by atoms with Gasteiger partial charge in [0.1, 0.15) is 5.75 Å². The molecule has 0 saturated heterocycles. The summed E-state index contributed by atoms with van der Waals surface area (Å²) in [4.78, 5) is 13.5. The fourth-order valence-corrected chi connectivity index (χ4v) is 5.41. The maximum Gasteiger partial charge on any atom is 0.573 e. The van der Waals surface area contributed by atoms with Crippen molar-refractivity contribution in [3.63, 3.8) is 0 Å². The Hall–Kier alpha value is -3.95. The largest absolute Gasteiger partial charge is 0.573 e. The van der Waals surface area contributed by atoms with E-state index in [-0.39, 0.29) is 37.2 Å². The number of aryl methyl sites for hydroxylation is 2. The summed E-state index contributed by atoms with van der Waals surface area (Å²) in [6, 6.07) is 7.98. The van der Waals surface area contributed by atoms with Crippen molar-refractivity contribution in [2.75, 3.05) is 22.9 Å². The minimum atomic E-state index is -4.88. The molecule has 0 bridgehead atoms. The maximum atomic E-state index is 13.5. The summed E-state index contributed by atoms with van der Waals surface area (Å²) in [7, 11) is 1.55. The van der Waals surface area contributed by atoms with Gasteiger partial charge in [0.05, 0.1) is 12.6 Å². The highest BCUT2D eigenvalue weighted by Crippen LogP contribution is 2.34. The molecule has 0 atom stereocenters. The van der Waals surface area contributed by atoms with Crippen molar-refractivity contribution in [2.45, 2.75) is 71.6 Å². The molecule has 256 valence electrons. The first kappa shape index (κ1) is 38.2. The van der Waals surface area contributed by atoms with Crippen molar-refractivity contribution < 1.29 is 46.1 Å². The van der Waals surface area contributed by atoms with Crippen molar-refractivity contribution in [1.82, 2.24) is 20.2 Å². The molecule has 1 saturated carbocycles. The van der Waals surface area contributed by atoms with Gasteiger partial charge < -0.3 is 24.7 Å². The van der Waals surface area contributed by atoms with Crippen LogP contribution in [0.3, 0.4) is 0 Å². The summed E-state index contributed by atoms with van der Waals surface area (Å²) >= 11 is 0. The first-order chi connectivity index (χ1) is 21.0. The van der Waals surface area contributed by atoms with Crippen LogP contribution < -0.4 is 14.5 Å². The van der Waals surface area contributed by atoms with E-state index in [1.54, 1.807) is 31.0 Å². The molecule has 1 aliphatic rings. The van der Waals surface area contributed by atoms with E-state index in [4.69, 9.17) is 15.0 Å². The van der Waals surface area contributed by atoms with Crippen LogP contribution >= 0.6 is 12.4 Å². The smallest absolute Gasteiger partial charge is 0.450 e. The molecule has 0 unspecified atom stereocenters. The fourth-order valence-electron chi connectivity index (χ4n) is 5.41. The third-order valence-electron chi connectivity index (χ3n) is 7.19. The first-order valence-corrected chi connectivity index (χ1v) is 14.3. The van der Waals surface area contributed by atoms with Crippen molar-refractivity contribution in [1.29, 1.82) is 0 Å². The minimum absolute atomic E-state index is 0. The van der Waals surface area contributed by atoms with Crippen LogP contribution in [0.1, 0.15) is 61.3 Å². The number of anilines is 2. The third kappa shape index (κ3) is 12.1. The van der Waals surface area contributed by atoms with Crippen molar-refractivity contribution in [3.8, 4) is 5.75 Å². The number of aromatic nitrogens is 4. The minimum Gasteiger partial charge on any atom is -0.450 e. The van der Waals surface area contributed by atoms with Gasteiger partial charge in [-0.05, 0) is 79.3 Å². The predicted octanol–water partition coefficient (Wildman–Crippen LogP) is 7.69. The van der Waals surface area contributed by atoms with Gasteiger partial charge in [-0.2, -0.15) is 18.0 Å². The molecule has 2 N–H and O–H groups in total.